The first-order valence-corrected chi connectivity index (χ1v) is 14.6. The fraction of sp³-hybridized carbons (Fsp3) is 0.226. The van der Waals surface area contributed by atoms with E-state index in [-0.39, 0.29) is 12.5 Å². The fourth-order valence-electron chi connectivity index (χ4n) is 4.47. The zero-order chi connectivity index (χ0) is 27.1. The fourth-order valence-corrected chi connectivity index (χ4v) is 5.42. The Morgan fingerprint density at radius 1 is 0.789 bits per heavy atom. The molecule has 0 aliphatic carbocycles. The molecule has 0 radical (unpaired) electrons. The molecule has 3 aromatic carbocycles. The molecule has 0 bridgehead atoms. The van der Waals surface area contributed by atoms with Crippen LogP contribution in [0.3, 0.4) is 0 Å². The van der Waals surface area contributed by atoms with Crippen LogP contribution in [0.15, 0.2) is 91.3 Å². The molecular weight excluding hydrogens is 494 g/mol. The summed E-state index contributed by atoms with van der Waals surface area (Å²) in [5.74, 6) is -0.219. The lowest BCUT2D eigenvalue weighted by Crippen LogP contribution is -2.31. The molecule has 0 saturated heterocycles. The van der Waals surface area contributed by atoms with E-state index in [2.05, 4.69) is 10.3 Å². The van der Waals surface area contributed by atoms with Gasteiger partial charge in [-0.1, -0.05) is 56.3 Å². The minimum Gasteiger partial charge on any atom is -0.322 e. The summed E-state index contributed by atoms with van der Waals surface area (Å²) in [7, 11) is -3.52. The lowest BCUT2D eigenvalue weighted by Gasteiger charge is -2.27. The highest BCUT2D eigenvalue weighted by atomic mass is 32.2. The van der Waals surface area contributed by atoms with E-state index < -0.39 is 10.0 Å². The average molecular weight is 528 g/mol. The number of carbonyl (C=O) groups is 1. The van der Waals surface area contributed by atoms with Crippen LogP contribution in [0, 0.1) is 0 Å². The third-order valence-electron chi connectivity index (χ3n) is 6.53. The van der Waals surface area contributed by atoms with E-state index in [1.807, 2.05) is 80.6 Å². The van der Waals surface area contributed by atoms with Crippen LogP contribution >= 0.6 is 0 Å². The lowest BCUT2D eigenvalue weighted by atomic mass is 10.0. The number of amides is 1. The van der Waals surface area contributed by atoms with E-state index in [0.29, 0.717) is 11.3 Å². The molecule has 0 aliphatic heterocycles. The van der Waals surface area contributed by atoms with Gasteiger partial charge in [-0.3, -0.25) is 14.1 Å². The summed E-state index contributed by atoms with van der Waals surface area (Å²) in [6.07, 6.45) is 7.06. The second-order valence-corrected chi connectivity index (χ2v) is 11.2. The molecule has 6 nitrogen and oxygen atoms in total. The van der Waals surface area contributed by atoms with E-state index in [9.17, 15) is 13.2 Å². The van der Waals surface area contributed by atoms with Crippen molar-refractivity contribution in [3.8, 4) is 0 Å². The van der Waals surface area contributed by atoms with E-state index in [1.54, 1.807) is 24.5 Å². The maximum atomic E-state index is 12.8. The third-order valence-corrected chi connectivity index (χ3v) is 7.64. The number of rotatable bonds is 10. The Labute approximate surface area is 225 Å². The molecule has 38 heavy (non-hydrogen) atoms. The van der Waals surface area contributed by atoms with E-state index in [1.165, 1.54) is 16.1 Å². The lowest BCUT2D eigenvalue weighted by molar-refractivity contribution is 0.102. The summed E-state index contributed by atoms with van der Waals surface area (Å²) in [4.78, 5) is 16.9. The predicted octanol–water partition coefficient (Wildman–Crippen LogP) is 6.02. The maximum absolute atomic E-state index is 12.8. The summed E-state index contributed by atoms with van der Waals surface area (Å²) in [6, 6.07) is 24.8. The largest absolute Gasteiger partial charge is 0.322 e. The van der Waals surface area contributed by atoms with Crippen molar-refractivity contribution in [2.45, 2.75) is 39.7 Å². The number of aromatic nitrogens is 1. The molecule has 7 heteroatoms. The quantitative estimate of drug-likeness (QED) is 0.274. The topological polar surface area (TPSA) is 79.4 Å². The van der Waals surface area contributed by atoms with Gasteiger partial charge in [0.1, 0.15) is 0 Å². The molecule has 1 N–H and O–H groups in total. The first kappa shape index (κ1) is 27.1. The molecule has 1 aromatic heterocycles. The highest BCUT2D eigenvalue weighted by Gasteiger charge is 2.23. The van der Waals surface area contributed by atoms with Crippen LogP contribution in [-0.2, 0) is 35.8 Å². The van der Waals surface area contributed by atoms with Crippen LogP contribution in [0.4, 0.5) is 11.4 Å². The highest BCUT2D eigenvalue weighted by Crippen LogP contribution is 2.30. The minimum atomic E-state index is -3.52. The maximum Gasteiger partial charge on any atom is 0.255 e. The normalized spacial score (nSPS) is 11.2. The summed E-state index contributed by atoms with van der Waals surface area (Å²) in [6.45, 7) is 4.26. The Hall–Kier alpha value is -3.97. The Bertz CT molecular complexity index is 1460. The number of aryl methyl sites for hydroxylation is 2. The summed E-state index contributed by atoms with van der Waals surface area (Å²) in [5, 5.41) is 2.93. The summed E-state index contributed by atoms with van der Waals surface area (Å²) >= 11 is 0. The van der Waals surface area contributed by atoms with Crippen molar-refractivity contribution in [1.82, 2.24) is 4.98 Å². The predicted molar refractivity (Wildman–Crippen MR) is 154 cm³/mol. The van der Waals surface area contributed by atoms with Crippen LogP contribution in [0.2, 0.25) is 0 Å². The standard InChI is InChI=1S/C31H33N3O3S/c1-4-26-7-6-8-27(5-2)30(26)34(38(3,36)37)22-25-9-13-28(14-10-25)31(35)33-29-15-11-23(12-16-29)21-24-17-19-32-20-18-24/h6-20H,4-5,21-22H2,1-3H3,(H,33,35). The molecule has 0 fully saturated rings. The molecular formula is C31H33N3O3S. The number of carbonyl (C=O) groups excluding carboxylic acids is 1. The smallest absolute Gasteiger partial charge is 0.255 e. The molecule has 1 heterocycles. The number of nitrogens with zero attached hydrogens (tertiary/aromatic N) is 2. The van der Waals surface area contributed by atoms with Crippen LogP contribution < -0.4 is 9.62 Å². The molecule has 0 aliphatic rings. The van der Waals surface area contributed by atoms with Gasteiger partial charge in [-0.25, -0.2) is 8.42 Å². The number of hydrogen-bond donors (Lipinski definition) is 1. The number of para-hydroxylation sites is 1. The SMILES string of the molecule is CCc1cccc(CC)c1N(Cc1ccc(C(=O)Nc2ccc(Cc3ccncc3)cc2)cc1)S(C)(=O)=O. The Morgan fingerprint density at radius 3 is 1.89 bits per heavy atom. The second-order valence-electron chi connectivity index (χ2n) is 9.28. The molecule has 196 valence electrons. The number of sulfonamides is 1. The van der Waals surface area contributed by atoms with Gasteiger partial charge >= 0.3 is 0 Å². The van der Waals surface area contributed by atoms with Crippen LogP contribution in [-0.4, -0.2) is 25.6 Å². The van der Waals surface area contributed by atoms with Crippen molar-refractivity contribution >= 4 is 27.3 Å². The van der Waals surface area contributed by atoms with Crippen molar-refractivity contribution in [2.75, 3.05) is 15.9 Å². The van der Waals surface area contributed by atoms with Crippen molar-refractivity contribution < 1.29 is 13.2 Å². The highest BCUT2D eigenvalue weighted by molar-refractivity contribution is 7.92. The first-order chi connectivity index (χ1) is 18.3. The van der Waals surface area contributed by atoms with Gasteiger partial charge in [0.2, 0.25) is 10.0 Å². The molecule has 4 aromatic rings. The van der Waals surface area contributed by atoms with E-state index in [4.69, 9.17) is 0 Å². The van der Waals surface area contributed by atoms with Crippen molar-refractivity contribution in [2.24, 2.45) is 0 Å². The molecule has 0 saturated carbocycles. The van der Waals surface area contributed by atoms with Gasteiger partial charge in [-0.15, -0.1) is 0 Å². The monoisotopic (exact) mass is 527 g/mol. The number of nitrogens with one attached hydrogen (secondary N) is 1. The van der Waals surface area contributed by atoms with Crippen LogP contribution in [0.25, 0.3) is 0 Å². The molecule has 0 atom stereocenters. The minimum absolute atomic E-state index is 0.198. The Morgan fingerprint density at radius 2 is 1.34 bits per heavy atom. The van der Waals surface area contributed by atoms with Crippen LogP contribution in [0.1, 0.15) is 52.0 Å². The van der Waals surface area contributed by atoms with Gasteiger partial charge in [-0.05, 0) is 83.5 Å². The van der Waals surface area contributed by atoms with Gasteiger partial charge in [0.15, 0.2) is 0 Å². The van der Waals surface area contributed by atoms with E-state index in [0.717, 1.165) is 47.2 Å². The number of anilines is 2. The average Bonchev–Trinajstić information content (AvgIpc) is 2.92. The van der Waals surface area contributed by atoms with Crippen molar-refractivity contribution in [3.05, 3.63) is 125 Å². The molecule has 1 amide bonds. The Balaban J connectivity index is 1.46. The summed E-state index contributed by atoms with van der Waals surface area (Å²) in [5.41, 5.74) is 7.10. The molecule has 0 unspecified atom stereocenters. The van der Waals surface area contributed by atoms with Gasteiger partial charge in [0.25, 0.3) is 5.91 Å². The number of benzene rings is 3. The molecule has 0 spiro atoms. The van der Waals surface area contributed by atoms with Gasteiger partial charge < -0.3 is 5.32 Å². The van der Waals surface area contributed by atoms with Crippen molar-refractivity contribution in [3.63, 3.8) is 0 Å². The number of pyridine rings is 1. The van der Waals surface area contributed by atoms with Crippen molar-refractivity contribution in [1.29, 1.82) is 0 Å². The third kappa shape index (κ3) is 6.66. The van der Waals surface area contributed by atoms with E-state index >= 15 is 0 Å². The second kappa shape index (κ2) is 12.0. The number of hydrogen-bond acceptors (Lipinski definition) is 4. The van der Waals surface area contributed by atoms with Gasteiger partial charge in [0, 0.05) is 23.6 Å². The zero-order valence-electron chi connectivity index (χ0n) is 22.0. The van der Waals surface area contributed by atoms with Gasteiger partial charge in [0.05, 0.1) is 18.5 Å². The summed E-state index contributed by atoms with van der Waals surface area (Å²) < 4.78 is 27.2. The zero-order valence-corrected chi connectivity index (χ0v) is 22.8. The molecule has 4 rings (SSSR count). The first-order valence-electron chi connectivity index (χ1n) is 12.7. The van der Waals surface area contributed by atoms with Crippen LogP contribution in [0.5, 0.6) is 0 Å². The van der Waals surface area contributed by atoms with Gasteiger partial charge in [-0.2, -0.15) is 0 Å². The Kier molecular flexibility index (Phi) is 8.59.